The van der Waals surface area contributed by atoms with Crippen molar-refractivity contribution in [2.45, 2.75) is 0 Å². The molecule has 0 unspecified atom stereocenters. The lowest BCUT2D eigenvalue weighted by atomic mass is 10.2. The van der Waals surface area contributed by atoms with Crippen molar-refractivity contribution in [2.75, 3.05) is 43.1 Å². The summed E-state index contributed by atoms with van der Waals surface area (Å²) < 4.78 is 19.8. The first kappa shape index (κ1) is 17.0. The molecule has 0 amide bonds. The van der Waals surface area contributed by atoms with E-state index in [1.165, 1.54) is 12.1 Å². The Hall–Kier alpha value is -2.41. The van der Waals surface area contributed by atoms with Crippen LogP contribution >= 0.6 is 15.9 Å². The van der Waals surface area contributed by atoms with Crippen LogP contribution in [0.15, 0.2) is 47.2 Å². The molecule has 0 radical (unpaired) electrons. The van der Waals surface area contributed by atoms with Gasteiger partial charge in [0.2, 0.25) is 0 Å². The first-order valence-corrected chi connectivity index (χ1v) is 9.19. The van der Waals surface area contributed by atoms with E-state index < -0.39 is 0 Å². The molecule has 0 atom stereocenters. The van der Waals surface area contributed by atoms with E-state index in [1.54, 1.807) is 19.5 Å². The smallest absolute Gasteiger partial charge is 0.145 e. The first-order chi connectivity index (χ1) is 12.7. The van der Waals surface area contributed by atoms with E-state index in [1.807, 2.05) is 12.1 Å². The molecular formula is C19H18BrFN4O. The zero-order valence-electron chi connectivity index (χ0n) is 14.3. The van der Waals surface area contributed by atoms with Crippen LogP contribution in [0, 0.1) is 5.82 Å². The average Bonchev–Trinajstić information content (AvgIpc) is 2.67. The molecular weight excluding hydrogens is 399 g/mol. The molecule has 0 N–H and O–H groups in total. The zero-order valence-corrected chi connectivity index (χ0v) is 15.9. The van der Waals surface area contributed by atoms with Crippen molar-refractivity contribution >= 4 is 38.3 Å². The number of piperazine rings is 1. The normalized spacial score (nSPS) is 14.7. The van der Waals surface area contributed by atoms with Gasteiger partial charge in [-0.1, -0.05) is 15.9 Å². The van der Waals surface area contributed by atoms with Gasteiger partial charge in [-0.3, -0.25) is 0 Å². The van der Waals surface area contributed by atoms with Crippen molar-refractivity contribution in [3.63, 3.8) is 0 Å². The van der Waals surface area contributed by atoms with Gasteiger partial charge in [0, 0.05) is 42.1 Å². The van der Waals surface area contributed by atoms with Gasteiger partial charge in [0.1, 0.15) is 23.7 Å². The molecule has 2 aromatic carbocycles. The summed E-state index contributed by atoms with van der Waals surface area (Å²) in [5.74, 6) is 1.22. The molecule has 2 heterocycles. The molecule has 26 heavy (non-hydrogen) atoms. The van der Waals surface area contributed by atoms with Gasteiger partial charge in [0.15, 0.2) is 0 Å². The highest BCUT2D eigenvalue weighted by Gasteiger charge is 2.22. The fraction of sp³-hybridized carbons (Fsp3) is 0.263. The number of methoxy groups -OCH3 is 1. The van der Waals surface area contributed by atoms with Crippen molar-refractivity contribution in [3.05, 3.63) is 53.0 Å². The Kier molecular flexibility index (Phi) is 4.63. The Morgan fingerprint density at radius 3 is 2.54 bits per heavy atom. The summed E-state index contributed by atoms with van der Waals surface area (Å²) in [6, 6.07) is 10.7. The Morgan fingerprint density at radius 1 is 1.00 bits per heavy atom. The third-order valence-electron chi connectivity index (χ3n) is 4.64. The minimum absolute atomic E-state index is 0.290. The van der Waals surface area contributed by atoms with Gasteiger partial charge in [-0.25, -0.2) is 14.4 Å². The molecule has 1 aromatic heterocycles. The number of aromatic nitrogens is 2. The molecule has 7 heteroatoms. The van der Waals surface area contributed by atoms with Gasteiger partial charge in [-0.15, -0.1) is 0 Å². The van der Waals surface area contributed by atoms with Crippen LogP contribution in [0.3, 0.4) is 0 Å². The molecule has 134 valence electrons. The predicted molar refractivity (Wildman–Crippen MR) is 105 cm³/mol. The highest BCUT2D eigenvalue weighted by Crippen LogP contribution is 2.31. The van der Waals surface area contributed by atoms with Crippen LogP contribution in [0.25, 0.3) is 10.9 Å². The second kappa shape index (κ2) is 7.07. The second-order valence-corrected chi connectivity index (χ2v) is 7.06. The third kappa shape index (κ3) is 3.19. The van der Waals surface area contributed by atoms with Crippen molar-refractivity contribution in [1.29, 1.82) is 0 Å². The topological polar surface area (TPSA) is 41.5 Å². The van der Waals surface area contributed by atoms with Crippen LogP contribution in [-0.2, 0) is 0 Å². The van der Waals surface area contributed by atoms with E-state index in [9.17, 15) is 4.39 Å². The number of halogens is 2. The second-order valence-electron chi connectivity index (χ2n) is 6.15. The predicted octanol–water partition coefficient (Wildman–Crippen LogP) is 3.87. The lowest BCUT2D eigenvalue weighted by Crippen LogP contribution is -2.47. The lowest BCUT2D eigenvalue weighted by molar-refractivity contribution is 0.410. The Labute approximate surface area is 159 Å². The standard InChI is InChI=1S/C19H18BrFN4O/c1-26-18-11-14(21)3-5-17(18)24-6-8-25(9-7-24)19-15-10-13(20)2-4-16(15)22-12-23-19/h2-5,10-12H,6-9H2,1H3. The number of hydrogen-bond acceptors (Lipinski definition) is 5. The van der Waals surface area contributed by atoms with Gasteiger partial charge in [0.05, 0.1) is 18.3 Å². The van der Waals surface area contributed by atoms with Crippen LogP contribution in [0.4, 0.5) is 15.9 Å². The highest BCUT2D eigenvalue weighted by atomic mass is 79.9. The van der Waals surface area contributed by atoms with Gasteiger partial charge in [0.25, 0.3) is 0 Å². The minimum Gasteiger partial charge on any atom is -0.494 e. The number of hydrogen-bond donors (Lipinski definition) is 0. The quantitative estimate of drug-likeness (QED) is 0.648. The highest BCUT2D eigenvalue weighted by molar-refractivity contribution is 9.10. The molecule has 0 saturated carbocycles. The number of nitrogens with zero attached hydrogens (tertiary/aromatic N) is 4. The Balaban J connectivity index is 1.57. The Bertz CT molecular complexity index is 944. The molecule has 3 aromatic rings. The zero-order chi connectivity index (χ0) is 18.1. The maximum atomic E-state index is 13.4. The monoisotopic (exact) mass is 416 g/mol. The minimum atomic E-state index is -0.290. The molecule has 5 nitrogen and oxygen atoms in total. The van der Waals surface area contributed by atoms with Crippen molar-refractivity contribution in [2.24, 2.45) is 0 Å². The van der Waals surface area contributed by atoms with Gasteiger partial charge >= 0.3 is 0 Å². The molecule has 1 saturated heterocycles. The Morgan fingerprint density at radius 2 is 1.77 bits per heavy atom. The average molecular weight is 417 g/mol. The summed E-state index contributed by atoms with van der Waals surface area (Å²) in [5, 5.41) is 1.04. The number of benzene rings is 2. The van der Waals surface area contributed by atoms with E-state index in [0.717, 1.165) is 53.1 Å². The number of fused-ring (bicyclic) bond motifs is 1. The first-order valence-electron chi connectivity index (χ1n) is 8.39. The number of ether oxygens (including phenoxy) is 1. The van der Waals surface area contributed by atoms with Crippen LogP contribution < -0.4 is 14.5 Å². The van der Waals surface area contributed by atoms with Crippen LogP contribution in [0.1, 0.15) is 0 Å². The van der Waals surface area contributed by atoms with E-state index in [0.29, 0.717) is 5.75 Å². The van der Waals surface area contributed by atoms with Crippen molar-refractivity contribution in [1.82, 2.24) is 9.97 Å². The van der Waals surface area contributed by atoms with Gasteiger partial charge in [-0.2, -0.15) is 0 Å². The van der Waals surface area contributed by atoms with Crippen molar-refractivity contribution < 1.29 is 9.13 Å². The molecule has 1 aliphatic heterocycles. The number of rotatable bonds is 3. The largest absolute Gasteiger partial charge is 0.494 e. The van der Waals surface area contributed by atoms with Crippen molar-refractivity contribution in [3.8, 4) is 5.75 Å². The van der Waals surface area contributed by atoms with E-state index >= 15 is 0 Å². The van der Waals surface area contributed by atoms with E-state index in [4.69, 9.17) is 4.74 Å². The van der Waals surface area contributed by atoms with Crippen LogP contribution in [0.5, 0.6) is 5.75 Å². The SMILES string of the molecule is COc1cc(F)ccc1N1CCN(c2ncnc3ccc(Br)cc23)CC1. The fourth-order valence-electron chi connectivity index (χ4n) is 3.34. The maximum absolute atomic E-state index is 13.4. The summed E-state index contributed by atoms with van der Waals surface area (Å²) in [7, 11) is 1.57. The van der Waals surface area contributed by atoms with Gasteiger partial charge < -0.3 is 14.5 Å². The molecule has 4 rings (SSSR count). The van der Waals surface area contributed by atoms with Gasteiger partial charge in [-0.05, 0) is 30.3 Å². The molecule has 0 spiro atoms. The summed E-state index contributed by atoms with van der Waals surface area (Å²) in [5.41, 5.74) is 1.85. The van der Waals surface area contributed by atoms with E-state index in [-0.39, 0.29) is 5.82 Å². The van der Waals surface area contributed by atoms with Crippen LogP contribution in [0.2, 0.25) is 0 Å². The maximum Gasteiger partial charge on any atom is 0.145 e. The van der Waals surface area contributed by atoms with Crippen LogP contribution in [-0.4, -0.2) is 43.3 Å². The summed E-state index contributed by atoms with van der Waals surface area (Å²) in [6.45, 7) is 3.25. The summed E-state index contributed by atoms with van der Waals surface area (Å²) in [4.78, 5) is 13.3. The summed E-state index contributed by atoms with van der Waals surface area (Å²) >= 11 is 3.53. The van der Waals surface area contributed by atoms with E-state index in [2.05, 4.69) is 41.8 Å². The molecule has 1 aliphatic rings. The molecule has 1 fully saturated rings. The fourth-order valence-corrected chi connectivity index (χ4v) is 3.70. The summed E-state index contributed by atoms with van der Waals surface area (Å²) in [6.07, 6.45) is 1.61. The number of anilines is 2. The molecule has 0 aliphatic carbocycles. The molecule has 0 bridgehead atoms. The third-order valence-corrected chi connectivity index (χ3v) is 5.13. The lowest BCUT2D eigenvalue weighted by Gasteiger charge is -2.37.